The van der Waals surface area contributed by atoms with Crippen molar-refractivity contribution in [2.45, 2.75) is 6.61 Å². The number of fused-ring (bicyclic) bond motifs is 2. The van der Waals surface area contributed by atoms with Crippen LogP contribution in [-0.2, 0) is 11.3 Å². The third-order valence-corrected chi connectivity index (χ3v) is 3.64. The van der Waals surface area contributed by atoms with Crippen LogP contribution in [0, 0.1) is 0 Å². The largest absolute Gasteiger partial charge is 0.496 e. The number of rotatable bonds is 3. The number of hydrogen-bond acceptors (Lipinski definition) is 4. The minimum atomic E-state index is -0.185. The van der Waals surface area contributed by atoms with Crippen molar-refractivity contribution in [3.63, 3.8) is 0 Å². The zero-order valence-corrected chi connectivity index (χ0v) is 11.8. The van der Waals surface area contributed by atoms with Gasteiger partial charge in [-0.3, -0.25) is 9.59 Å². The molecule has 0 atom stereocenters. The lowest BCUT2D eigenvalue weighted by Crippen LogP contribution is -2.23. The third kappa shape index (κ3) is 1.96. The summed E-state index contributed by atoms with van der Waals surface area (Å²) in [6.07, 6.45) is 0. The van der Waals surface area contributed by atoms with Crippen LogP contribution in [0.2, 0.25) is 0 Å². The Hall–Kier alpha value is -2.46. The summed E-state index contributed by atoms with van der Waals surface area (Å²) in [5.41, 5.74) is 2.26. The van der Waals surface area contributed by atoms with Crippen molar-refractivity contribution < 1.29 is 19.1 Å². The van der Waals surface area contributed by atoms with Gasteiger partial charge >= 0.3 is 0 Å². The van der Waals surface area contributed by atoms with Crippen molar-refractivity contribution >= 4 is 11.6 Å². The van der Waals surface area contributed by atoms with Crippen LogP contribution in [0.4, 0.5) is 0 Å². The Morgan fingerprint density at radius 2 is 1.48 bits per heavy atom. The molecule has 0 unspecified atom stereocenters. The SMILES string of the molecule is COCc1ccc(OC)c2c1C(=O)c1ccccc1C2=O. The fourth-order valence-electron chi connectivity index (χ4n) is 2.71. The molecule has 0 amide bonds. The van der Waals surface area contributed by atoms with Gasteiger partial charge in [0.15, 0.2) is 11.6 Å². The van der Waals surface area contributed by atoms with Gasteiger partial charge in [-0.25, -0.2) is 0 Å². The first-order valence-electron chi connectivity index (χ1n) is 6.56. The van der Waals surface area contributed by atoms with Gasteiger partial charge in [-0.2, -0.15) is 0 Å². The molecule has 2 aromatic rings. The molecule has 0 fully saturated rings. The summed E-state index contributed by atoms with van der Waals surface area (Å²) in [6, 6.07) is 10.3. The van der Waals surface area contributed by atoms with Gasteiger partial charge in [-0.15, -0.1) is 0 Å². The van der Waals surface area contributed by atoms with E-state index in [-0.39, 0.29) is 18.2 Å². The quantitative estimate of drug-likeness (QED) is 0.741. The first-order chi connectivity index (χ1) is 10.2. The van der Waals surface area contributed by atoms with Gasteiger partial charge in [0.05, 0.1) is 19.3 Å². The maximum Gasteiger partial charge on any atom is 0.198 e. The van der Waals surface area contributed by atoms with E-state index in [0.29, 0.717) is 33.6 Å². The number of ketones is 2. The van der Waals surface area contributed by atoms with Crippen molar-refractivity contribution in [3.05, 3.63) is 64.2 Å². The fourth-order valence-corrected chi connectivity index (χ4v) is 2.71. The van der Waals surface area contributed by atoms with E-state index in [9.17, 15) is 9.59 Å². The summed E-state index contributed by atoms with van der Waals surface area (Å²) in [5, 5.41) is 0. The number of methoxy groups -OCH3 is 2. The molecule has 1 aliphatic rings. The Labute approximate surface area is 122 Å². The average molecular weight is 282 g/mol. The summed E-state index contributed by atoms with van der Waals surface area (Å²) in [5.74, 6) is 0.0684. The van der Waals surface area contributed by atoms with Crippen LogP contribution in [0.5, 0.6) is 5.75 Å². The van der Waals surface area contributed by atoms with E-state index in [2.05, 4.69) is 0 Å². The highest BCUT2D eigenvalue weighted by Gasteiger charge is 2.33. The van der Waals surface area contributed by atoms with Crippen LogP contribution >= 0.6 is 0 Å². The molecule has 4 nitrogen and oxygen atoms in total. The first kappa shape index (κ1) is 13.5. The summed E-state index contributed by atoms with van der Waals surface area (Å²) in [7, 11) is 3.05. The second-order valence-corrected chi connectivity index (χ2v) is 4.81. The highest BCUT2D eigenvalue weighted by atomic mass is 16.5. The van der Waals surface area contributed by atoms with E-state index >= 15 is 0 Å². The van der Waals surface area contributed by atoms with Crippen molar-refractivity contribution in [1.82, 2.24) is 0 Å². The lowest BCUT2D eigenvalue weighted by Gasteiger charge is -2.22. The first-order valence-corrected chi connectivity index (χ1v) is 6.56. The lowest BCUT2D eigenvalue weighted by molar-refractivity contribution is 0.0972. The number of benzene rings is 2. The van der Waals surface area contributed by atoms with Crippen molar-refractivity contribution in [1.29, 1.82) is 0 Å². The molecule has 106 valence electrons. The van der Waals surface area contributed by atoms with Gasteiger partial charge < -0.3 is 9.47 Å². The van der Waals surface area contributed by atoms with Gasteiger partial charge in [-0.1, -0.05) is 30.3 Å². The zero-order valence-electron chi connectivity index (χ0n) is 11.8. The summed E-state index contributed by atoms with van der Waals surface area (Å²) >= 11 is 0. The molecular weight excluding hydrogens is 268 g/mol. The molecule has 0 aromatic heterocycles. The van der Waals surface area contributed by atoms with E-state index in [1.54, 1.807) is 43.5 Å². The Kier molecular flexibility index (Phi) is 3.31. The zero-order chi connectivity index (χ0) is 15.0. The molecule has 0 spiro atoms. The lowest BCUT2D eigenvalue weighted by atomic mass is 9.81. The van der Waals surface area contributed by atoms with Crippen molar-refractivity contribution in [2.24, 2.45) is 0 Å². The van der Waals surface area contributed by atoms with E-state index < -0.39 is 0 Å². The van der Waals surface area contributed by atoms with Crippen LogP contribution in [0.1, 0.15) is 37.4 Å². The number of carbonyl (C=O) groups is 2. The third-order valence-electron chi connectivity index (χ3n) is 3.64. The average Bonchev–Trinajstić information content (AvgIpc) is 2.52. The Bertz CT molecular complexity index is 746. The molecule has 0 saturated heterocycles. The molecule has 3 rings (SSSR count). The molecule has 21 heavy (non-hydrogen) atoms. The highest BCUT2D eigenvalue weighted by Crippen LogP contribution is 2.35. The van der Waals surface area contributed by atoms with Crippen LogP contribution in [-0.4, -0.2) is 25.8 Å². The highest BCUT2D eigenvalue weighted by molar-refractivity contribution is 6.29. The Morgan fingerprint density at radius 1 is 0.857 bits per heavy atom. The number of ether oxygens (including phenoxy) is 2. The molecule has 0 bridgehead atoms. The molecule has 1 aliphatic carbocycles. The van der Waals surface area contributed by atoms with E-state index in [0.717, 1.165) is 0 Å². The van der Waals surface area contributed by atoms with Gasteiger partial charge in [-0.05, 0) is 11.6 Å². The van der Waals surface area contributed by atoms with Crippen LogP contribution in [0.3, 0.4) is 0 Å². The smallest absolute Gasteiger partial charge is 0.198 e. The maximum atomic E-state index is 12.8. The molecule has 0 saturated carbocycles. The fraction of sp³-hybridized carbons (Fsp3) is 0.176. The van der Waals surface area contributed by atoms with Gasteiger partial charge in [0.25, 0.3) is 0 Å². The van der Waals surface area contributed by atoms with Crippen LogP contribution < -0.4 is 4.74 Å². The number of hydrogen-bond donors (Lipinski definition) is 0. The molecule has 0 aliphatic heterocycles. The molecule has 0 radical (unpaired) electrons. The normalized spacial score (nSPS) is 12.9. The molecular formula is C17H14O4. The minimum Gasteiger partial charge on any atom is -0.496 e. The summed E-state index contributed by atoms with van der Waals surface area (Å²) in [6.45, 7) is 0.271. The second kappa shape index (κ2) is 5.14. The van der Waals surface area contributed by atoms with E-state index in [4.69, 9.17) is 9.47 Å². The summed E-state index contributed by atoms with van der Waals surface area (Å²) < 4.78 is 10.4. The maximum absolute atomic E-state index is 12.8. The van der Waals surface area contributed by atoms with Gasteiger partial charge in [0, 0.05) is 23.8 Å². The van der Waals surface area contributed by atoms with Crippen molar-refractivity contribution in [3.8, 4) is 5.75 Å². The van der Waals surface area contributed by atoms with E-state index in [1.165, 1.54) is 7.11 Å². The molecule has 4 heteroatoms. The number of carbonyl (C=O) groups excluding carboxylic acids is 2. The topological polar surface area (TPSA) is 52.6 Å². The Morgan fingerprint density at radius 3 is 2.05 bits per heavy atom. The van der Waals surface area contributed by atoms with Gasteiger partial charge in [0.2, 0.25) is 0 Å². The standard InChI is InChI=1S/C17H14O4/c1-20-9-10-7-8-13(21-2)15-14(10)16(18)11-5-3-4-6-12(11)17(15)19/h3-8H,9H2,1-2H3. The second-order valence-electron chi connectivity index (χ2n) is 4.81. The monoisotopic (exact) mass is 282 g/mol. The predicted molar refractivity (Wildman–Crippen MR) is 77.0 cm³/mol. The van der Waals surface area contributed by atoms with Crippen LogP contribution in [0.15, 0.2) is 36.4 Å². The van der Waals surface area contributed by atoms with E-state index in [1.807, 2.05) is 0 Å². The predicted octanol–water partition coefficient (Wildman–Crippen LogP) is 2.62. The Balaban J connectivity index is 2.32. The molecule has 0 heterocycles. The van der Waals surface area contributed by atoms with Crippen molar-refractivity contribution in [2.75, 3.05) is 14.2 Å². The minimum absolute atomic E-state index is 0.161. The summed E-state index contributed by atoms with van der Waals surface area (Å²) in [4.78, 5) is 25.5. The molecule has 2 aromatic carbocycles. The van der Waals surface area contributed by atoms with Gasteiger partial charge in [0.1, 0.15) is 5.75 Å². The van der Waals surface area contributed by atoms with Crippen LogP contribution in [0.25, 0.3) is 0 Å². The molecule has 0 N–H and O–H groups in total.